The number of hydrogen-bond acceptors (Lipinski definition) is 5. The van der Waals surface area contributed by atoms with E-state index in [9.17, 15) is 4.79 Å². The van der Waals surface area contributed by atoms with Gasteiger partial charge in [-0.05, 0) is 56.2 Å². The summed E-state index contributed by atoms with van der Waals surface area (Å²) in [4.78, 5) is 14.6. The zero-order valence-electron chi connectivity index (χ0n) is 16.1. The Bertz CT molecular complexity index is 940. The molecule has 4 rings (SSSR count). The highest BCUT2D eigenvalue weighted by Gasteiger charge is 2.28. The van der Waals surface area contributed by atoms with Gasteiger partial charge in [-0.15, -0.1) is 10.2 Å². The number of benzene rings is 2. The van der Waals surface area contributed by atoms with Crippen LogP contribution in [0.25, 0.3) is 11.5 Å². The Hall–Kier alpha value is -3.15. The summed E-state index contributed by atoms with van der Waals surface area (Å²) in [6, 6.07) is 15.3. The van der Waals surface area contributed by atoms with Gasteiger partial charge in [-0.3, -0.25) is 4.79 Å². The lowest BCUT2D eigenvalue weighted by Crippen LogP contribution is -2.38. The number of aromatic nitrogens is 2. The molecule has 1 fully saturated rings. The average molecular weight is 377 g/mol. The van der Waals surface area contributed by atoms with Gasteiger partial charge in [0.1, 0.15) is 5.75 Å². The quantitative estimate of drug-likeness (QED) is 0.685. The average Bonchev–Trinajstić information content (AvgIpc) is 3.24. The van der Waals surface area contributed by atoms with Crippen LogP contribution in [-0.2, 0) is 0 Å². The van der Waals surface area contributed by atoms with Crippen molar-refractivity contribution >= 4 is 5.91 Å². The first-order chi connectivity index (χ1) is 13.6. The van der Waals surface area contributed by atoms with Crippen LogP contribution in [0.2, 0.25) is 0 Å². The molecular weight excluding hydrogens is 354 g/mol. The minimum Gasteiger partial charge on any atom is -0.497 e. The summed E-state index contributed by atoms with van der Waals surface area (Å²) in [6.07, 6.45) is 1.63. The second-order valence-corrected chi connectivity index (χ2v) is 7.11. The molecule has 0 aliphatic carbocycles. The number of nitrogens with zero attached hydrogens (tertiary/aromatic N) is 3. The van der Waals surface area contributed by atoms with Crippen LogP contribution in [0, 0.1) is 6.92 Å². The zero-order chi connectivity index (χ0) is 19.5. The number of hydrogen-bond donors (Lipinski definition) is 0. The number of carbonyl (C=O) groups is 1. The van der Waals surface area contributed by atoms with Crippen LogP contribution < -0.4 is 4.74 Å². The van der Waals surface area contributed by atoms with Gasteiger partial charge in [0.25, 0.3) is 5.91 Å². The van der Waals surface area contributed by atoms with E-state index in [1.807, 2.05) is 48.2 Å². The molecule has 1 aliphatic heterocycles. The van der Waals surface area contributed by atoms with Crippen LogP contribution in [0.5, 0.6) is 5.75 Å². The Morgan fingerprint density at radius 1 is 1.04 bits per heavy atom. The Labute approximate surface area is 164 Å². The second kappa shape index (κ2) is 7.84. The lowest BCUT2D eigenvalue weighted by Gasteiger charge is -2.30. The number of carbonyl (C=O) groups excluding carboxylic acids is 1. The highest BCUT2D eigenvalue weighted by Crippen LogP contribution is 2.30. The van der Waals surface area contributed by atoms with Crippen molar-refractivity contribution in [2.24, 2.45) is 0 Å². The molecule has 28 heavy (non-hydrogen) atoms. The standard InChI is InChI=1S/C22H23N3O3/c1-15-3-5-16(6-4-15)20-23-24-21(28-20)17-11-13-25(14-12-17)22(26)18-7-9-19(27-2)10-8-18/h3-10,17H,11-14H2,1-2H3. The molecule has 6 nitrogen and oxygen atoms in total. The van der Waals surface area contributed by atoms with Crippen molar-refractivity contribution in [3.63, 3.8) is 0 Å². The Morgan fingerprint density at radius 2 is 1.71 bits per heavy atom. The van der Waals surface area contributed by atoms with E-state index in [2.05, 4.69) is 10.2 Å². The van der Waals surface area contributed by atoms with Crippen LogP contribution >= 0.6 is 0 Å². The van der Waals surface area contributed by atoms with E-state index in [4.69, 9.17) is 9.15 Å². The predicted octanol–water partition coefficient (Wildman–Crippen LogP) is 4.07. The summed E-state index contributed by atoms with van der Waals surface area (Å²) in [5.41, 5.74) is 2.80. The van der Waals surface area contributed by atoms with Crippen molar-refractivity contribution in [3.8, 4) is 17.2 Å². The largest absolute Gasteiger partial charge is 0.497 e. The second-order valence-electron chi connectivity index (χ2n) is 7.11. The molecule has 3 aromatic rings. The summed E-state index contributed by atoms with van der Waals surface area (Å²) in [7, 11) is 1.61. The Morgan fingerprint density at radius 3 is 2.36 bits per heavy atom. The predicted molar refractivity (Wildman–Crippen MR) is 105 cm³/mol. The van der Waals surface area contributed by atoms with E-state index in [0.717, 1.165) is 24.2 Å². The van der Waals surface area contributed by atoms with Crippen LogP contribution in [0.15, 0.2) is 52.9 Å². The molecule has 0 bridgehead atoms. The highest BCUT2D eigenvalue weighted by atomic mass is 16.5. The lowest BCUT2D eigenvalue weighted by molar-refractivity contribution is 0.0706. The van der Waals surface area contributed by atoms with E-state index < -0.39 is 0 Å². The van der Waals surface area contributed by atoms with Crippen molar-refractivity contribution < 1.29 is 13.9 Å². The van der Waals surface area contributed by atoms with Crippen LogP contribution in [-0.4, -0.2) is 41.2 Å². The fourth-order valence-electron chi connectivity index (χ4n) is 3.46. The number of rotatable bonds is 4. The molecule has 0 unspecified atom stereocenters. The SMILES string of the molecule is COc1ccc(C(=O)N2CCC(c3nnc(-c4ccc(C)cc4)o3)CC2)cc1. The first-order valence-corrected chi connectivity index (χ1v) is 9.48. The fourth-order valence-corrected chi connectivity index (χ4v) is 3.46. The topological polar surface area (TPSA) is 68.5 Å². The minimum atomic E-state index is 0.0481. The molecule has 0 radical (unpaired) electrons. The first kappa shape index (κ1) is 18.2. The van der Waals surface area contributed by atoms with Gasteiger partial charge >= 0.3 is 0 Å². The molecule has 1 aromatic heterocycles. The maximum Gasteiger partial charge on any atom is 0.253 e. The van der Waals surface area contributed by atoms with E-state index in [1.54, 1.807) is 19.2 Å². The highest BCUT2D eigenvalue weighted by molar-refractivity contribution is 5.94. The van der Waals surface area contributed by atoms with Gasteiger partial charge in [0.05, 0.1) is 7.11 Å². The summed E-state index contributed by atoms with van der Waals surface area (Å²) in [5.74, 6) is 2.19. The summed E-state index contributed by atoms with van der Waals surface area (Å²) < 4.78 is 11.1. The van der Waals surface area contributed by atoms with Crippen molar-refractivity contribution in [1.29, 1.82) is 0 Å². The molecule has 6 heteroatoms. The molecule has 1 aliphatic rings. The Balaban J connectivity index is 1.38. The van der Waals surface area contributed by atoms with Crippen LogP contribution in [0.3, 0.4) is 0 Å². The number of amides is 1. The fraction of sp³-hybridized carbons (Fsp3) is 0.318. The van der Waals surface area contributed by atoms with E-state index in [0.29, 0.717) is 30.4 Å². The molecular formula is C22H23N3O3. The summed E-state index contributed by atoms with van der Waals surface area (Å²) in [5, 5.41) is 8.45. The molecule has 1 amide bonds. The van der Waals surface area contributed by atoms with Gasteiger partial charge in [-0.25, -0.2) is 0 Å². The van der Waals surface area contributed by atoms with Crippen molar-refractivity contribution in [2.45, 2.75) is 25.7 Å². The van der Waals surface area contributed by atoms with E-state index >= 15 is 0 Å². The molecule has 0 spiro atoms. The van der Waals surface area contributed by atoms with Gasteiger partial charge in [-0.2, -0.15) is 0 Å². The van der Waals surface area contributed by atoms with Crippen molar-refractivity contribution in [3.05, 3.63) is 65.5 Å². The molecule has 144 valence electrons. The molecule has 0 atom stereocenters. The number of ether oxygens (including phenoxy) is 1. The van der Waals surface area contributed by atoms with Gasteiger partial charge in [0.2, 0.25) is 11.8 Å². The molecule has 2 aromatic carbocycles. The van der Waals surface area contributed by atoms with E-state index in [1.165, 1.54) is 5.56 Å². The summed E-state index contributed by atoms with van der Waals surface area (Å²) in [6.45, 7) is 3.40. The smallest absolute Gasteiger partial charge is 0.253 e. The normalized spacial score (nSPS) is 14.9. The molecule has 0 saturated carbocycles. The maximum atomic E-state index is 12.7. The zero-order valence-corrected chi connectivity index (χ0v) is 16.1. The molecule has 2 heterocycles. The van der Waals surface area contributed by atoms with Gasteiger partial charge < -0.3 is 14.1 Å². The number of piperidine rings is 1. The Kier molecular flexibility index (Phi) is 5.10. The minimum absolute atomic E-state index is 0.0481. The molecule has 0 N–H and O–H groups in total. The van der Waals surface area contributed by atoms with Gasteiger partial charge in [-0.1, -0.05) is 17.7 Å². The van der Waals surface area contributed by atoms with Gasteiger partial charge in [0, 0.05) is 30.1 Å². The number of methoxy groups -OCH3 is 1. The molecule has 1 saturated heterocycles. The van der Waals surface area contributed by atoms with Crippen LogP contribution in [0.1, 0.15) is 40.6 Å². The van der Waals surface area contributed by atoms with Crippen LogP contribution in [0.4, 0.5) is 0 Å². The van der Waals surface area contributed by atoms with Crippen molar-refractivity contribution in [1.82, 2.24) is 15.1 Å². The third kappa shape index (κ3) is 3.76. The lowest BCUT2D eigenvalue weighted by atomic mass is 9.96. The number of likely N-dealkylation sites (tertiary alicyclic amines) is 1. The van der Waals surface area contributed by atoms with Gasteiger partial charge in [0.15, 0.2) is 0 Å². The monoisotopic (exact) mass is 377 g/mol. The third-order valence-corrected chi connectivity index (χ3v) is 5.21. The third-order valence-electron chi connectivity index (χ3n) is 5.21. The summed E-state index contributed by atoms with van der Waals surface area (Å²) >= 11 is 0. The van der Waals surface area contributed by atoms with E-state index in [-0.39, 0.29) is 11.8 Å². The van der Waals surface area contributed by atoms with Crippen molar-refractivity contribution in [2.75, 3.05) is 20.2 Å². The first-order valence-electron chi connectivity index (χ1n) is 9.48. The maximum absolute atomic E-state index is 12.7. The number of aryl methyl sites for hydroxylation is 1.